The normalized spacial score (nSPS) is 11.4. The fraction of sp³-hybridized carbons (Fsp3) is 0.263. The SMILES string of the molecule is CCOC(=O)C(Cc1ccccc1)NC(=O)OCc1ccccc1. The molecule has 0 spiro atoms. The van der Waals surface area contributed by atoms with Gasteiger partial charge in [-0.05, 0) is 18.1 Å². The molecule has 0 aromatic heterocycles. The zero-order chi connectivity index (χ0) is 17.2. The predicted molar refractivity (Wildman–Crippen MR) is 90.3 cm³/mol. The molecule has 0 saturated heterocycles. The Balaban J connectivity index is 1.93. The molecule has 0 fully saturated rings. The van der Waals surface area contributed by atoms with E-state index < -0.39 is 18.1 Å². The summed E-state index contributed by atoms with van der Waals surface area (Å²) in [7, 11) is 0. The van der Waals surface area contributed by atoms with Gasteiger partial charge >= 0.3 is 12.1 Å². The number of amides is 1. The molecule has 2 aromatic carbocycles. The van der Waals surface area contributed by atoms with Crippen LogP contribution < -0.4 is 5.32 Å². The Morgan fingerprint density at radius 3 is 2.08 bits per heavy atom. The first-order chi connectivity index (χ1) is 11.7. The third-order valence-electron chi connectivity index (χ3n) is 3.36. The summed E-state index contributed by atoms with van der Waals surface area (Å²) < 4.78 is 10.2. The van der Waals surface area contributed by atoms with Crippen LogP contribution in [0, 0.1) is 0 Å². The number of benzene rings is 2. The Bertz CT molecular complexity index is 643. The standard InChI is InChI=1S/C19H21NO4/c1-2-23-18(21)17(13-15-9-5-3-6-10-15)20-19(22)24-14-16-11-7-4-8-12-16/h3-12,17H,2,13-14H2,1H3,(H,20,22). The van der Waals surface area contributed by atoms with Crippen molar-refractivity contribution in [2.45, 2.75) is 26.0 Å². The maximum Gasteiger partial charge on any atom is 0.408 e. The van der Waals surface area contributed by atoms with Crippen LogP contribution in [0.2, 0.25) is 0 Å². The Hall–Kier alpha value is -2.82. The molecular weight excluding hydrogens is 306 g/mol. The van der Waals surface area contributed by atoms with Gasteiger partial charge in [0.2, 0.25) is 0 Å². The smallest absolute Gasteiger partial charge is 0.408 e. The van der Waals surface area contributed by atoms with Gasteiger partial charge in [-0.25, -0.2) is 9.59 Å². The molecule has 0 aliphatic heterocycles. The fourth-order valence-electron chi connectivity index (χ4n) is 2.19. The van der Waals surface area contributed by atoms with Gasteiger partial charge < -0.3 is 14.8 Å². The van der Waals surface area contributed by atoms with Crippen LogP contribution in [0.3, 0.4) is 0 Å². The van der Waals surface area contributed by atoms with Gasteiger partial charge in [0.15, 0.2) is 0 Å². The van der Waals surface area contributed by atoms with E-state index in [1.165, 1.54) is 0 Å². The van der Waals surface area contributed by atoms with E-state index in [9.17, 15) is 9.59 Å². The molecule has 0 heterocycles. The number of nitrogens with one attached hydrogen (secondary N) is 1. The predicted octanol–water partition coefficient (Wildman–Crippen LogP) is 3.09. The van der Waals surface area contributed by atoms with Crippen LogP contribution in [0.15, 0.2) is 60.7 Å². The van der Waals surface area contributed by atoms with Crippen molar-refractivity contribution in [1.29, 1.82) is 0 Å². The Morgan fingerprint density at radius 1 is 0.917 bits per heavy atom. The lowest BCUT2D eigenvalue weighted by atomic mass is 10.1. The molecule has 2 rings (SSSR count). The molecule has 0 saturated carbocycles. The van der Waals surface area contributed by atoms with Crippen molar-refractivity contribution in [3.8, 4) is 0 Å². The second-order valence-electron chi connectivity index (χ2n) is 5.20. The molecule has 1 amide bonds. The highest BCUT2D eigenvalue weighted by molar-refractivity contribution is 5.81. The lowest BCUT2D eigenvalue weighted by Crippen LogP contribution is -2.43. The van der Waals surface area contributed by atoms with E-state index in [1.807, 2.05) is 60.7 Å². The zero-order valence-electron chi connectivity index (χ0n) is 13.6. The molecule has 24 heavy (non-hydrogen) atoms. The summed E-state index contributed by atoms with van der Waals surface area (Å²) in [6.07, 6.45) is -0.298. The van der Waals surface area contributed by atoms with Gasteiger partial charge in [-0.3, -0.25) is 0 Å². The molecule has 1 atom stereocenters. The van der Waals surface area contributed by atoms with Gasteiger partial charge in [0.1, 0.15) is 12.6 Å². The molecule has 5 heteroatoms. The van der Waals surface area contributed by atoms with Crippen LogP contribution in [0.1, 0.15) is 18.1 Å². The first kappa shape index (κ1) is 17.5. The van der Waals surface area contributed by atoms with Gasteiger partial charge in [0, 0.05) is 6.42 Å². The number of hydrogen-bond acceptors (Lipinski definition) is 4. The second-order valence-corrected chi connectivity index (χ2v) is 5.20. The zero-order valence-corrected chi connectivity index (χ0v) is 13.6. The molecule has 0 aliphatic carbocycles. The highest BCUT2D eigenvalue weighted by Gasteiger charge is 2.23. The highest BCUT2D eigenvalue weighted by atomic mass is 16.6. The summed E-state index contributed by atoms with van der Waals surface area (Å²) in [5.74, 6) is -0.474. The maximum absolute atomic E-state index is 12.1. The van der Waals surface area contributed by atoms with E-state index in [-0.39, 0.29) is 13.2 Å². The summed E-state index contributed by atoms with van der Waals surface area (Å²) in [5, 5.41) is 2.58. The first-order valence-electron chi connectivity index (χ1n) is 7.87. The van der Waals surface area contributed by atoms with Crippen molar-refractivity contribution in [2.24, 2.45) is 0 Å². The summed E-state index contributed by atoms with van der Waals surface area (Å²) in [6.45, 7) is 2.13. The van der Waals surface area contributed by atoms with E-state index in [0.717, 1.165) is 11.1 Å². The maximum atomic E-state index is 12.1. The number of hydrogen-bond donors (Lipinski definition) is 1. The van der Waals surface area contributed by atoms with Gasteiger partial charge in [-0.15, -0.1) is 0 Å². The average molecular weight is 327 g/mol. The number of carbonyl (C=O) groups excluding carboxylic acids is 2. The van der Waals surface area contributed by atoms with Gasteiger partial charge in [-0.2, -0.15) is 0 Å². The molecule has 0 radical (unpaired) electrons. The van der Waals surface area contributed by atoms with Crippen LogP contribution in [0.25, 0.3) is 0 Å². The van der Waals surface area contributed by atoms with E-state index in [4.69, 9.17) is 9.47 Å². The molecule has 126 valence electrons. The minimum Gasteiger partial charge on any atom is -0.464 e. The topological polar surface area (TPSA) is 64.6 Å². The number of alkyl carbamates (subject to hydrolysis) is 1. The van der Waals surface area contributed by atoms with Crippen molar-refractivity contribution >= 4 is 12.1 Å². The monoisotopic (exact) mass is 327 g/mol. The number of carbonyl (C=O) groups is 2. The summed E-state index contributed by atoms with van der Waals surface area (Å²) >= 11 is 0. The van der Waals surface area contributed by atoms with E-state index in [2.05, 4.69) is 5.32 Å². The van der Waals surface area contributed by atoms with Crippen molar-refractivity contribution in [3.05, 3.63) is 71.8 Å². The van der Waals surface area contributed by atoms with Crippen molar-refractivity contribution < 1.29 is 19.1 Å². The average Bonchev–Trinajstić information content (AvgIpc) is 2.61. The molecule has 1 unspecified atom stereocenters. The second kappa shape index (κ2) is 9.35. The van der Waals surface area contributed by atoms with Crippen LogP contribution >= 0.6 is 0 Å². The van der Waals surface area contributed by atoms with Crippen molar-refractivity contribution in [2.75, 3.05) is 6.61 Å². The van der Waals surface area contributed by atoms with Gasteiger partial charge in [0.05, 0.1) is 6.61 Å². The van der Waals surface area contributed by atoms with Gasteiger partial charge in [-0.1, -0.05) is 60.7 Å². The summed E-state index contributed by atoms with van der Waals surface area (Å²) in [4.78, 5) is 24.0. The van der Waals surface area contributed by atoms with Crippen LogP contribution in [0.4, 0.5) is 4.79 Å². The lowest BCUT2D eigenvalue weighted by molar-refractivity contribution is -0.145. The summed E-state index contributed by atoms with van der Waals surface area (Å²) in [5.41, 5.74) is 1.81. The number of rotatable bonds is 7. The molecule has 5 nitrogen and oxygen atoms in total. The molecule has 2 aromatic rings. The van der Waals surface area contributed by atoms with Crippen LogP contribution in [-0.4, -0.2) is 24.7 Å². The largest absolute Gasteiger partial charge is 0.464 e. The highest BCUT2D eigenvalue weighted by Crippen LogP contribution is 2.06. The molecule has 0 aliphatic rings. The minimum atomic E-state index is -0.782. The third-order valence-corrected chi connectivity index (χ3v) is 3.36. The van der Waals surface area contributed by atoms with Crippen molar-refractivity contribution in [3.63, 3.8) is 0 Å². The van der Waals surface area contributed by atoms with E-state index in [1.54, 1.807) is 6.92 Å². The van der Waals surface area contributed by atoms with E-state index >= 15 is 0 Å². The quantitative estimate of drug-likeness (QED) is 0.794. The molecule has 1 N–H and O–H groups in total. The van der Waals surface area contributed by atoms with E-state index in [0.29, 0.717) is 6.42 Å². The number of ether oxygens (including phenoxy) is 2. The summed E-state index contributed by atoms with van der Waals surface area (Å²) in [6, 6.07) is 18.0. The molecular formula is C19H21NO4. The lowest BCUT2D eigenvalue weighted by Gasteiger charge is -2.17. The van der Waals surface area contributed by atoms with Crippen molar-refractivity contribution in [1.82, 2.24) is 5.32 Å². The van der Waals surface area contributed by atoms with Crippen LogP contribution in [-0.2, 0) is 27.3 Å². The first-order valence-corrected chi connectivity index (χ1v) is 7.87. The van der Waals surface area contributed by atoms with Gasteiger partial charge in [0.25, 0.3) is 0 Å². The fourth-order valence-corrected chi connectivity index (χ4v) is 2.19. The number of esters is 1. The Kier molecular flexibility index (Phi) is 6.83. The third kappa shape index (κ3) is 5.76. The Morgan fingerprint density at radius 2 is 1.50 bits per heavy atom. The minimum absolute atomic E-state index is 0.146. The van der Waals surface area contributed by atoms with Crippen LogP contribution in [0.5, 0.6) is 0 Å². The Labute approximate surface area is 141 Å². The molecule has 0 bridgehead atoms.